The number of phenols is 1. The maximum atomic E-state index is 9.55. The maximum absolute atomic E-state index is 9.55. The minimum absolute atomic E-state index is 0.137. The lowest BCUT2D eigenvalue weighted by molar-refractivity contribution is 0.0615. The van der Waals surface area contributed by atoms with Crippen LogP contribution in [0.4, 0.5) is 0 Å². The number of benzene rings is 1. The van der Waals surface area contributed by atoms with E-state index in [1.54, 1.807) is 6.07 Å². The highest BCUT2D eigenvalue weighted by Gasteiger charge is 2.36. The highest BCUT2D eigenvalue weighted by Crippen LogP contribution is 2.35. The molecule has 0 unspecified atom stereocenters. The third-order valence-electron chi connectivity index (χ3n) is 4.73. The van der Waals surface area contributed by atoms with Gasteiger partial charge in [-0.1, -0.05) is 19.1 Å². The van der Waals surface area contributed by atoms with Crippen LogP contribution in [-0.2, 0) is 6.54 Å². The number of rotatable bonds is 4. The van der Waals surface area contributed by atoms with Crippen LogP contribution in [0.1, 0.15) is 38.2 Å². The first-order valence-electron chi connectivity index (χ1n) is 7.25. The Kier molecular flexibility index (Phi) is 4.48. The second-order valence-electron chi connectivity index (χ2n) is 6.14. The molecule has 0 atom stereocenters. The summed E-state index contributed by atoms with van der Waals surface area (Å²) in [5.74, 6) is 1.17. The van der Waals surface area contributed by atoms with Crippen LogP contribution in [0.25, 0.3) is 0 Å². The second kappa shape index (κ2) is 5.93. The zero-order valence-electron chi connectivity index (χ0n) is 12.1. The van der Waals surface area contributed by atoms with E-state index in [0.29, 0.717) is 5.75 Å². The summed E-state index contributed by atoms with van der Waals surface area (Å²) < 4.78 is 0. The van der Waals surface area contributed by atoms with Crippen LogP contribution in [0.5, 0.6) is 5.75 Å². The summed E-state index contributed by atoms with van der Waals surface area (Å²) in [6.45, 7) is 3.89. The van der Waals surface area contributed by atoms with Gasteiger partial charge in [0.1, 0.15) is 5.75 Å². The Balaban J connectivity index is 2.06. The Bertz CT molecular complexity index is 411. The zero-order chi connectivity index (χ0) is 13.9. The van der Waals surface area contributed by atoms with E-state index in [0.717, 1.165) is 24.6 Å². The monoisotopic (exact) mass is 262 g/mol. The van der Waals surface area contributed by atoms with Crippen LogP contribution in [0.2, 0.25) is 0 Å². The summed E-state index contributed by atoms with van der Waals surface area (Å²) in [5, 5.41) is 9.55. The Morgan fingerprint density at radius 3 is 2.63 bits per heavy atom. The number of nitrogens with two attached hydrogens (primary N) is 1. The molecule has 0 radical (unpaired) electrons. The minimum atomic E-state index is 0.137. The minimum Gasteiger partial charge on any atom is -0.508 e. The van der Waals surface area contributed by atoms with Gasteiger partial charge in [0.05, 0.1) is 0 Å². The van der Waals surface area contributed by atoms with Gasteiger partial charge in [0.2, 0.25) is 0 Å². The topological polar surface area (TPSA) is 49.5 Å². The lowest BCUT2D eigenvalue weighted by atomic mass is 9.76. The number of likely N-dealkylation sites (N-methyl/N-ethyl adjacent to an activating group) is 1. The summed E-state index contributed by atoms with van der Waals surface area (Å²) in [7, 11) is 2.16. The standard InChI is InChI=1S/C16H26N2O/c1-13-6-8-16(12-17,9-7-13)18(2)11-14-4-3-5-15(19)10-14/h3-5,10,13,19H,6-9,11-12,17H2,1-2H3. The molecule has 1 fully saturated rings. The molecule has 2 rings (SSSR count). The fraction of sp³-hybridized carbons (Fsp3) is 0.625. The van der Waals surface area contributed by atoms with Gasteiger partial charge in [0, 0.05) is 18.6 Å². The molecule has 1 aliphatic rings. The first kappa shape index (κ1) is 14.4. The van der Waals surface area contributed by atoms with E-state index in [1.165, 1.54) is 25.7 Å². The van der Waals surface area contributed by atoms with Gasteiger partial charge in [0.15, 0.2) is 0 Å². The number of nitrogens with zero attached hydrogens (tertiary/aromatic N) is 1. The van der Waals surface area contributed by atoms with Crippen LogP contribution < -0.4 is 5.73 Å². The Morgan fingerprint density at radius 1 is 1.37 bits per heavy atom. The van der Waals surface area contributed by atoms with Crippen LogP contribution >= 0.6 is 0 Å². The van der Waals surface area contributed by atoms with Crippen LogP contribution in [0, 0.1) is 5.92 Å². The molecule has 19 heavy (non-hydrogen) atoms. The molecule has 1 aromatic rings. The van der Waals surface area contributed by atoms with Gasteiger partial charge in [-0.05, 0) is 56.3 Å². The summed E-state index contributed by atoms with van der Waals surface area (Å²) >= 11 is 0. The van der Waals surface area contributed by atoms with Crippen molar-refractivity contribution in [3.05, 3.63) is 29.8 Å². The van der Waals surface area contributed by atoms with E-state index < -0.39 is 0 Å². The molecule has 1 aromatic carbocycles. The van der Waals surface area contributed by atoms with Crippen LogP contribution in [0.15, 0.2) is 24.3 Å². The summed E-state index contributed by atoms with van der Waals surface area (Å²) in [6.07, 6.45) is 4.89. The average molecular weight is 262 g/mol. The largest absolute Gasteiger partial charge is 0.508 e. The first-order valence-corrected chi connectivity index (χ1v) is 7.25. The molecule has 0 heterocycles. The molecule has 106 valence electrons. The zero-order valence-corrected chi connectivity index (χ0v) is 12.1. The SMILES string of the molecule is CC1CCC(CN)(N(C)Cc2cccc(O)c2)CC1. The number of hydrogen-bond donors (Lipinski definition) is 2. The highest BCUT2D eigenvalue weighted by molar-refractivity contribution is 5.27. The van der Waals surface area contributed by atoms with Gasteiger partial charge in [-0.15, -0.1) is 0 Å². The van der Waals surface area contributed by atoms with Crippen molar-refractivity contribution in [3.63, 3.8) is 0 Å². The van der Waals surface area contributed by atoms with Gasteiger partial charge >= 0.3 is 0 Å². The molecule has 0 amide bonds. The highest BCUT2D eigenvalue weighted by atomic mass is 16.3. The summed E-state index contributed by atoms with van der Waals surface area (Å²) in [4.78, 5) is 2.38. The molecule has 3 heteroatoms. The van der Waals surface area contributed by atoms with Crippen LogP contribution in [0.3, 0.4) is 0 Å². The lowest BCUT2D eigenvalue weighted by Crippen LogP contribution is -2.53. The average Bonchev–Trinajstić information content (AvgIpc) is 2.40. The van der Waals surface area contributed by atoms with E-state index >= 15 is 0 Å². The van der Waals surface area contributed by atoms with Gasteiger partial charge in [-0.3, -0.25) is 4.90 Å². The first-order chi connectivity index (χ1) is 9.05. The molecule has 0 bridgehead atoms. The summed E-state index contributed by atoms with van der Waals surface area (Å²) in [6, 6.07) is 7.51. The Hall–Kier alpha value is -1.06. The molecule has 0 spiro atoms. The fourth-order valence-electron chi connectivity index (χ4n) is 3.14. The molecule has 1 aliphatic carbocycles. The van der Waals surface area contributed by atoms with Crippen molar-refractivity contribution < 1.29 is 5.11 Å². The normalized spacial score (nSPS) is 27.7. The predicted molar refractivity (Wildman–Crippen MR) is 79.0 cm³/mol. The van der Waals surface area contributed by atoms with Crippen molar-refractivity contribution in [3.8, 4) is 5.75 Å². The third-order valence-corrected chi connectivity index (χ3v) is 4.73. The van der Waals surface area contributed by atoms with Gasteiger partial charge in [-0.25, -0.2) is 0 Å². The fourth-order valence-corrected chi connectivity index (χ4v) is 3.14. The Labute approximate surface area is 116 Å². The predicted octanol–water partition coefficient (Wildman–Crippen LogP) is 2.73. The van der Waals surface area contributed by atoms with E-state index in [-0.39, 0.29) is 5.54 Å². The number of phenolic OH excluding ortho intramolecular Hbond substituents is 1. The molecule has 3 nitrogen and oxygen atoms in total. The van der Waals surface area contributed by atoms with Crippen molar-refractivity contribution in [2.75, 3.05) is 13.6 Å². The second-order valence-corrected chi connectivity index (χ2v) is 6.14. The van der Waals surface area contributed by atoms with Crippen LogP contribution in [-0.4, -0.2) is 29.1 Å². The van der Waals surface area contributed by atoms with Crippen molar-refractivity contribution in [2.45, 2.75) is 44.7 Å². The summed E-state index contributed by atoms with van der Waals surface area (Å²) in [5.41, 5.74) is 7.36. The van der Waals surface area contributed by atoms with E-state index in [1.807, 2.05) is 12.1 Å². The van der Waals surface area contributed by atoms with E-state index in [2.05, 4.69) is 24.9 Å². The maximum Gasteiger partial charge on any atom is 0.115 e. The molecule has 0 aliphatic heterocycles. The molecule has 0 saturated heterocycles. The van der Waals surface area contributed by atoms with Crippen molar-refractivity contribution in [1.82, 2.24) is 4.90 Å². The smallest absolute Gasteiger partial charge is 0.115 e. The molecule has 0 aromatic heterocycles. The third kappa shape index (κ3) is 3.28. The van der Waals surface area contributed by atoms with Crippen molar-refractivity contribution >= 4 is 0 Å². The molecule has 1 saturated carbocycles. The van der Waals surface area contributed by atoms with Gasteiger partial charge in [-0.2, -0.15) is 0 Å². The Morgan fingerprint density at radius 2 is 2.05 bits per heavy atom. The van der Waals surface area contributed by atoms with Gasteiger partial charge < -0.3 is 10.8 Å². The van der Waals surface area contributed by atoms with Crippen molar-refractivity contribution in [1.29, 1.82) is 0 Å². The quantitative estimate of drug-likeness (QED) is 0.877. The molecular weight excluding hydrogens is 236 g/mol. The van der Waals surface area contributed by atoms with Gasteiger partial charge in [0.25, 0.3) is 0 Å². The van der Waals surface area contributed by atoms with E-state index in [4.69, 9.17) is 5.73 Å². The molecular formula is C16H26N2O. The number of hydrogen-bond acceptors (Lipinski definition) is 3. The number of aromatic hydroxyl groups is 1. The van der Waals surface area contributed by atoms with Crippen molar-refractivity contribution in [2.24, 2.45) is 11.7 Å². The lowest BCUT2D eigenvalue weighted by Gasteiger charge is -2.45. The van der Waals surface area contributed by atoms with E-state index in [9.17, 15) is 5.11 Å². The molecule has 3 N–H and O–H groups in total.